The third kappa shape index (κ3) is 2.04. The zero-order valence-corrected chi connectivity index (χ0v) is 12.5. The van der Waals surface area contributed by atoms with E-state index in [4.69, 9.17) is 9.84 Å². The van der Waals surface area contributed by atoms with Gasteiger partial charge in [0.25, 0.3) is 0 Å². The summed E-state index contributed by atoms with van der Waals surface area (Å²) in [7, 11) is 1.47. The molecule has 22 heavy (non-hydrogen) atoms. The van der Waals surface area contributed by atoms with Crippen molar-refractivity contribution >= 4 is 11.6 Å². The van der Waals surface area contributed by atoms with E-state index in [1.165, 1.54) is 7.11 Å². The smallest absolute Gasteiger partial charge is 0.198 e. The van der Waals surface area contributed by atoms with Crippen molar-refractivity contribution in [1.82, 2.24) is 0 Å². The van der Waals surface area contributed by atoms with E-state index in [2.05, 4.69) is 0 Å². The van der Waals surface area contributed by atoms with Gasteiger partial charge in [0.1, 0.15) is 5.75 Å². The van der Waals surface area contributed by atoms with E-state index in [1.54, 1.807) is 24.3 Å². The summed E-state index contributed by atoms with van der Waals surface area (Å²) in [6, 6.07) is 8.63. The highest BCUT2D eigenvalue weighted by Crippen LogP contribution is 2.36. The van der Waals surface area contributed by atoms with Gasteiger partial charge in [0.05, 0.1) is 12.7 Å². The highest BCUT2D eigenvalue weighted by molar-refractivity contribution is 6.29. The molecule has 0 saturated carbocycles. The molecule has 2 aromatic rings. The minimum Gasteiger partial charge on any atom is -0.496 e. The van der Waals surface area contributed by atoms with Gasteiger partial charge in [-0.1, -0.05) is 23.8 Å². The minimum absolute atomic E-state index is 0.0485. The number of rotatable bonds is 3. The lowest BCUT2D eigenvalue weighted by Gasteiger charge is -2.21. The van der Waals surface area contributed by atoms with E-state index in [1.807, 2.05) is 13.0 Å². The molecular weight excluding hydrogens is 280 g/mol. The van der Waals surface area contributed by atoms with E-state index in [-0.39, 0.29) is 18.2 Å². The normalized spacial score (nSPS) is 12.9. The van der Waals surface area contributed by atoms with Crippen molar-refractivity contribution in [2.24, 2.45) is 0 Å². The Morgan fingerprint density at radius 3 is 2.41 bits per heavy atom. The van der Waals surface area contributed by atoms with Crippen LogP contribution in [-0.4, -0.2) is 30.4 Å². The van der Waals surface area contributed by atoms with E-state index in [9.17, 15) is 9.59 Å². The van der Waals surface area contributed by atoms with Crippen LogP contribution in [0.5, 0.6) is 5.75 Å². The molecule has 0 fully saturated rings. The van der Waals surface area contributed by atoms with Crippen LogP contribution in [0.4, 0.5) is 0 Å². The van der Waals surface area contributed by atoms with Gasteiger partial charge in [0.2, 0.25) is 0 Å². The number of aliphatic hydroxyl groups excluding tert-OH is 1. The van der Waals surface area contributed by atoms with Crippen LogP contribution in [0.25, 0.3) is 0 Å². The van der Waals surface area contributed by atoms with Gasteiger partial charge in [-0.2, -0.15) is 0 Å². The monoisotopic (exact) mass is 296 g/mol. The number of carbonyl (C=O) groups excluding carboxylic acids is 2. The van der Waals surface area contributed by atoms with Gasteiger partial charge >= 0.3 is 0 Å². The molecule has 4 heteroatoms. The summed E-state index contributed by atoms with van der Waals surface area (Å²) >= 11 is 0. The highest BCUT2D eigenvalue weighted by Gasteiger charge is 2.33. The Bertz CT molecular complexity index is 790. The SMILES string of the molecule is COc1c(CCO)ccc2c1C(=O)c1ccc(C)cc1C2=O. The molecule has 0 amide bonds. The molecule has 1 N–H and O–H groups in total. The fourth-order valence-corrected chi connectivity index (χ4v) is 2.91. The average molecular weight is 296 g/mol. The van der Waals surface area contributed by atoms with E-state index in [0.717, 1.165) is 11.1 Å². The van der Waals surface area contributed by atoms with Gasteiger partial charge in [-0.15, -0.1) is 0 Å². The lowest BCUT2D eigenvalue weighted by atomic mass is 9.82. The van der Waals surface area contributed by atoms with Gasteiger partial charge < -0.3 is 9.84 Å². The summed E-state index contributed by atoms with van der Waals surface area (Å²) in [5.74, 6) is 0.0134. The number of ether oxygens (including phenoxy) is 1. The van der Waals surface area contributed by atoms with Crippen LogP contribution >= 0.6 is 0 Å². The predicted molar refractivity (Wildman–Crippen MR) is 81.8 cm³/mol. The topological polar surface area (TPSA) is 63.6 Å². The molecule has 0 spiro atoms. The van der Waals surface area contributed by atoms with Gasteiger partial charge in [0, 0.05) is 23.3 Å². The molecule has 0 unspecified atom stereocenters. The number of aliphatic hydroxyl groups is 1. The molecule has 2 aromatic carbocycles. The quantitative estimate of drug-likeness (QED) is 0.805. The molecule has 1 aliphatic carbocycles. The highest BCUT2D eigenvalue weighted by atomic mass is 16.5. The second-order valence-electron chi connectivity index (χ2n) is 5.36. The number of benzene rings is 2. The number of hydrogen-bond donors (Lipinski definition) is 1. The Kier molecular flexibility index (Phi) is 3.54. The summed E-state index contributed by atoms with van der Waals surface area (Å²) < 4.78 is 5.37. The van der Waals surface area contributed by atoms with Crippen LogP contribution in [0, 0.1) is 6.92 Å². The van der Waals surface area contributed by atoms with Gasteiger partial charge in [0.15, 0.2) is 11.6 Å². The van der Waals surface area contributed by atoms with Crippen molar-refractivity contribution in [1.29, 1.82) is 0 Å². The summed E-state index contributed by atoms with van der Waals surface area (Å²) in [5, 5.41) is 9.14. The Morgan fingerprint density at radius 2 is 1.73 bits per heavy atom. The zero-order valence-electron chi connectivity index (χ0n) is 12.5. The Morgan fingerprint density at radius 1 is 1.00 bits per heavy atom. The number of hydrogen-bond acceptors (Lipinski definition) is 4. The molecule has 0 aliphatic heterocycles. The first-order valence-electron chi connectivity index (χ1n) is 7.09. The third-order valence-corrected chi connectivity index (χ3v) is 3.96. The average Bonchev–Trinajstić information content (AvgIpc) is 2.52. The summed E-state index contributed by atoms with van der Waals surface area (Å²) in [5.41, 5.74) is 3.17. The summed E-state index contributed by atoms with van der Waals surface area (Å²) in [6.07, 6.45) is 0.374. The molecular formula is C18H16O4. The molecule has 0 atom stereocenters. The standard InChI is InChI=1S/C18H16O4/c1-10-3-5-12-14(9-10)16(20)13-6-4-11(7-8-19)18(22-2)15(13)17(12)21/h3-6,9,19H,7-8H2,1-2H3. The molecule has 0 saturated heterocycles. The Hall–Kier alpha value is -2.46. The second-order valence-corrected chi connectivity index (χ2v) is 5.36. The number of methoxy groups -OCH3 is 1. The first-order valence-corrected chi connectivity index (χ1v) is 7.09. The van der Waals surface area contributed by atoms with Crippen molar-refractivity contribution < 1.29 is 19.4 Å². The molecule has 0 aromatic heterocycles. The van der Waals surface area contributed by atoms with Crippen LogP contribution in [0.15, 0.2) is 30.3 Å². The zero-order chi connectivity index (χ0) is 15.9. The second kappa shape index (κ2) is 5.39. The molecule has 3 rings (SSSR count). The van der Waals surface area contributed by atoms with Gasteiger partial charge in [-0.25, -0.2) is 0 Å². The first-order chi connectivity index (χ1) is 10.6. The number of aryl methyl sites for hydroxylation is 1. The largest absolute Gasteiger partial charge is 0.496 e. The van der Waals surface area contributed by atoms with Crippen LogP contribution in [-0.2, 0) is 6.42 Å². The van der Waals surface area contributed by atoms with Crippen LogP contribution in [0.1, 0.15) is 43.0 Å². The van der Waals surface area contributed by atoms with Crippen molar-refractivity contribution in [3.8, 4) is 5.75 Å². The molecule has 112 valence electrons. The number of ketones is 2. The van der Waals surface area contributed by atoms with Gasteiger partial charge in [-0.05, 0) is 31.0 Å². The molecule has 0 radical (unpaired) electrons. The fourth-order valence-electron chi connectivity index (χ4n) is 2.91. The number of carbonyl (C=O) groups is 2. The summed E-state index contributed by atoms with van der Waals surface area (Å²) in [6.45, 7) is 1.84. The first kappa shape index (κ1) is 14.5. The van der Waals surface area contributed by atoms with Crippen LogP contribution in [0.3, 0.4) is 0 Å². The molecule has 0 heterocycles. The maximum atomic E-state index is 12.8. The van der Waals surface area contributed by atoms with E-state index in [0.29, 0.717) is 34.4 Å². The molecule has 0 bridgehead atoms. The maximum Gasteiger partial charge on any atom is 0.198 e. The predicted octanol–water partition coefficient (Wildman–Crippen LogP) is 2.31. The maximum absolute atomic E-state index is 12.8. The number of fused-ring (bicyclic) bond motifs is 2. The van der Waals surface area contributed by atoms with Crippen LogP contribution < -0.4 is 4.74 Å². The Labute approximate surface area is 128 Å². The minimum atomic E-state index is -0.207. The van der Waals surface area contributed by atoms with Crippen LogP contribution in [0.2, 0.25) is 0 Å². The summed E-state index contributed by atoms with van der Waals surface area (Å²) in [4.78, 5) is 25.5. The lowest BCUT2D eigenvalue weighted by Crippen LogP contribution is -2.22. The van der Waals surface area contributed by atoms with Crippen molar-refractivity contribution in [3.63, 3.8) is 0 Å². The molecule has 1 aliphatic rings. The van der Waals surface area contributed by atoms with E-state index >= 15 is 0 Å². The van der Waals surface area contributed by atoms with E-state index < -0.39 is 0 Å². The molecule has 4 nitrogen and oxygen atoms in total. The van der Waals surface area contributed by atoms with Crippen molar-refractivity contribution in [3.05, 3.63) is 63.7 Å². The Balaban J connectivity index is 2.27. The third-order valence-electron chi connectivity index (χ3n) is 3.96. The lowest BCUT2D eigenvalue weighted by molar-refractivity contribution is 0.0976. The van der Waals surface area contributed by atoms with Crippen molar-refractivity contribution in [2.75, 3.05) is 13.7 Å². The van der Waals surface area contributed by atoms with Crippen molar-refractivity contribution in [2.45, 2.75) is 13.3 Å². The fraction of sp³-hybridized carbons (Fsp3) is 0.222. The van der Waals surface area contributed by atoms with Gasteiger partial charge in [-0.3, -0.25) is 9.59 Å².